The summed E-state index contributed by atoms with van der Waals surface area (Å²) in [7, 11) is 0. The maximum atomic E-state index is 15.1. The van der Waals surface area contributed by atoms with Crippen LogP contribution < -0.4 is 77.4 Å². The maximum absolute atomic E-state index is 15.1. The van der Waals surface area contributed by atoms with Crippen molar-refractivity contribution in [1.82, 2.24) is 66.6 Å². The van der Waals surface area contributed by atoms with Gasteiger partial charge < -0.3 is 112 Å². The van der Waals surface area contributed by atoms with Crippen molar-refractivity contribution < 1.29 is 96.2 Å². The van der Waals surface area contributed by atoms with Gasteiger partial charge in [-0.15, -0.1) is 0 Å². The van der Waals surface area contributed by atoms with Crippen molar-refractivity contribution in [3.8, 4) is 5.75 Å². The largest absolute Gasteiger partial charge is 0.508 e. The van der Waals surface area contributed by atoms with Gasteiger partial charge in [0.1, 0.15) is 84.3 Å². The first-order chi connectivity index (χ1) is 56.5. The summed E-state index contributed by atoms with van der Waals surface area (Å²) in [6, 6.07) is -3.95. The van der Waals surface area contributed by atoms with Crippen molar-refractivity contribution in [2.24, 2.45) is 46.1 Å². The Bertz CT molecular complexity index is 4100. The highest BCUT2D eigenvalue weighted by Gasteiger charge is 2.48. The lowest BCUT2D eigenvalue weighted by molar-refractivity contribution is -0.146. The van der Waals surface area contributed by atoms with Crippen LogP contribution in [-0.2, 0) is 104 Å². The molecule has 650 valence electrons. The highest BCUT2D eigenvalue weighted by Crippen LogP contribution is 2.29. The summed E-state index contributed by atoms with van der Waals surface area (Å²) in [6.07, 6.45) is -0.899. The number of rotatable bonds is 42. The third kappa shape index (κ3) is 25.8. The number of nitrogens with one attached hydrogen (secondary N) is 7. The topological polar surface area (TPSA) is 630 Å². The summed E-state index contributed by atoms with van der Waals surface area (Å²) in [6.45, 7) is 3.68. The average Bonchev–Trinajstić information content (AvgIpc) is 1.72. The van der Waals surface area contributed by atoms with Crippen LogP contribution >= 0.6 is 0 Å². The van der Waals surface area contributed by atoms with Crippen molar-refractivity contribution >= 4 is 112 Å². The molecule has 8 rings (SSSR count). The van der Waals surface area contributed by atoms with Gasteiger partial charge in [0.15, 0.2) is 0 Å². The lowest BCUT2D eigenvalue weighted by Gasteiger charge is -2.33. The summed E-state index contributed by atoms with van der Waals surface area (Å²) in [5.41, 5.74) is 40.0. The number of benzene rings is 2. The molecule has 2 aromatic carbocycles. The molecule has 0 aromatic heterocycles. The second kappa shape index (κ2) is 43.5. The molecule has 0 unspecified atom stereocenters. The Morgan fingerprint density at radius 2 is 0.605 bits per heavy atom. The smallest absolute Gasteiger partial charge is 0.246 e. The summed E-state index contributed by atoms with van der Waals surface area (Å²) in [4.78, 5) is 269. The van der Waals surface area contributed by atoms with Crippen molar-refractivity contribution in [3.05, 3.63) is 65.7 Å². The van der Waals surface area contributed by atoms with E-state index in [4.69, 9.17) is 40.1 Å². The van der Waals surface area contributed by atoms with Gasteiger partial charge in [0.05, 0.1) is 6.04 Å². The van der Waals surface area contributed by atoms with E-state index in [0.717, 1.165) is 0 Å². The molecule has 0 spiro atoms. The molecule has 0 aliphatic carbocycles. The zero-order valence-corrected chi connectivity index (χ0v) is 67.2. The van der Waals surface area contributed by atoms with E-state index in [1.165, 1.54) is 53.7 Å². The third-order valence-corrected chi connectivity index (χ3v) is 22.5. The molecule has 40 nitrogen and oxygen atoms in total. The van der Waals surface area contributed by atoms with Gasteiger partial charge in [-0.1, -0.05) is 56.3 Å². The van der Waals surface area contributed by atoms with Crippen molar-refractivity contribution in [1.29, 1.82) is 0 Å². The monoisotopic (exact) mass is 1660 g/mol. The number of phenols is 1. The zero-order chi connectivity index (χ0) is 87.1. The van der Waals surface area contributed by atoms with Gasteiger partial charge in [-0.3, -0.25) is 91.1 Å². The van der Waals surface area contributed by atoms with Gasteiger partial charge in [0.25, 0.3) is 0 Å². The van der Waals surface area contributed by atoms with E-state index in [0.29, 0.717) is 30.4 Å². The van der Waals surface area contributed by atoms with Gasteiger partial charge in [-0.2, -0.15) is 0 Å². The minimum Gasteiger partial charge on any atom is -0.508 e. The predicted octanol–water partition coefficient (Wildman–Crippen LogP) is -5.30. The molecule has 19 amide bonds. The molecule has 40 heteroatoms. The summed E-state index contributed by atoms with van der Waals surface area (Å²) in [5.74, 6) is -15.4. The number of carbonyl (C=O) groups is 19. The Kier molecular flexibility index (Phi) is 33.9. The normalized spacial score (nSPS) is 21.0. The molecule has 6 aliphatic heterocycles. The van der Waals surface area contributed by atoms with Crippen LogP contribution in [-0.4, -0.2) is 271 Å². The first kappa shape index (κ1) is 92.6. The van der Waals surface area contributed by atoms with Gasteiger partial charge in [0, 0.05) is 84.2 Å². The number of aromatic hydroxyl groups is 1. The van der Waals surface area contributed by atoms with Crippen molar-refractivity contribution in [2.45, 2.75) is 259 Å². The molecule has 0 saturated carbocycles. The lowest BCUT2D eigenvalue weighted by atomic mass is 10.0. The third-order valence-electron chi connectivity index (χ3n) is 22.5. The van der Waals surface area contributed by atoms with E-state index in [-0.39, 0.29) is 167 Å². The van der Waals surface area contributed by atoms with Gasteiger partial charge >= 0.3 is 0 Å². The molecule has 6 heterocycles. The molecule has 14 atom stereocenters. The van der Waals surface area contributed by atoms with Crippen LogP contribution in [0.4, 0.5) is 0 Å². The molecule has 119 heavy (non-hydrogen) atoms. The quantitative estimate of drug-likeness (QED) is 0.0295. The average molecular weight is 1660 g/mol. The SMILES string of the molecule is CC(C)C[C@H](NC(=O)[C@H](CCC(N)=O)NC(=O)[C@@H]1CCCN1C(=O)[C@H](CCC(N)=O)NC(=O)[C@@H]1CCCN1C(=O)[C@H](Cc1ccccc1)NC(=O)[C@@H]1CCCN1C(=O)[C@@H](N)CCC(N)=O)C(=O)N1CCC[C@H]1C(=O)N[C@@H](Cc1ccc(O)cc1)C(=O)N1CCC[C@H]1C(=O)N[C@@H](CCC(N)=O)C(=O)N1CCC[C@H]1C(=O)N[C@@H](CCC(N)=O)C(N)=O. The van der Waals surface area contributed by atoms with Crippen LogP contribution in [0.25, 0.3) is 0 Å². The molecule has 0 radical (unpaired) electrons. The Morgan fingerprint density at radius 1 is 0.336 bits per heavy atom. The first-order valence-electron chi connectivity index (χ1n) is 40.8. The molecular formula is C79H114N20O20. The molecule has 6 aliphatic rings. The van der Waals surface area contributed by atoms with E-state index in [9.17, 15) is 86.6 Å². The number of nitrogens with zero attached hydrogens (tertiary/aromatic N) is 6. The maximum Gasteiger partial charge on any atom is 0.246 e. The van der Waals surface area contributed by atoms with E-state index in [1.54, 1.807) is 44.2 Å². The first-order valence-corrected chi connectivity index (χ1v) is 40.8. The van der Waals surface area contributed by atoms with Crippen LogP contribution in [0.2, 0.25) is 0 Å². The minimum atomic E-state index is -1.59. The second-order valence-corrected chi connectivity index (χ2v) is 31.8. The number of primary amides is 6. The van der Waals surface area contributed by atoms with E-state index in [1.807, 2.05) is 0 Å². The Hall–Kier alpha value is -11.9. The van der Waals surface area contributed by atoms with Crippen LogP contribution in [0.15, 0.2) is 54.6 Å². The highest BCUT2D eigenvalue weighted by molar-refractivity contribution is 6.01. The summed E-state index contributed by atoms with van der Waals surface area (Å²) in [5, 5.41) is 29.1. The number of carbonyl (C=O) groups excluding carboxylic acids is 19. The van der Waals surface area contributed by atoms with Gasteiger partial charge in [-0.05, 0) is 145 Å². The Morgan fingerprint density at radius 3 is 0.933 bits per heavy atom. The van der Waals surface area contributed by atoms with Gasteiger partial charge in [-0.25, -0.2) is 0 Å². The fourth-order valence-electron chi connectivity index (χ4n) is 16.4. The Labute approximate surface area is 688 Å². The summed E-state index contributed by atoms with van der Waals surface area (Å²) < 4.78 is 0. The van der Waals surface area contributed by atoms with Crippen molar-refractivity contribution in [3.63, 3.8) is 0 Å². The lowest BCUT2D eigenvalue weighted by Crippen LogP contribution is -2.61. The molecule has 6 saturated heterocycles. The van der Waals surface area contributed by atoms with Crippen LogP contribution in [0.1, 0.15) is 173 Å². The zero-order valence-electron chi connectivity index (χ0n) is 67.2. The molecule has 0 bridgehead atoms. The molecule has 22 N–H and O–H groups in total. The van der Waals surface area contributed by atoms with Crippen LogP contribution in [0, 0.1) is 5.92 Å². The number of hydrogen-bond donors (Lipinski definition) is 15. The molecular weight excluding hydrogens is 1550 g/mol. The van der Waals surface area contributed by atoms with Crippen LogP contribution in [0.3, 0.4) is 0 Å². The fourth-order valence-corrected chi connectivity index (χ4v) is 16.4. The van der Waals surface area contributed by atoms with E-state index < -0.39 is 223 Å². The Balaban J connectivity index is 0.947. The number of hydrogen-bond acceptors (Lipinski definition) is 21. The predicted molar refractivity (Wildman–Crippen MR) is 423 cm³/mol. The van der Waals surface area contributed by atoms with E-state index in [2.05, 4.69) is 37.2 Å². The minimum absolute atomic E-state index is 0.0131. The van der Waals surface area contributed by atoms with Crippen LogP contribution in [0.5, 0.6) is 5.75 Å². The van der Waals surface area contributed by atoms with Crippen molar-refractivity contribution in [2.75, 3.05) is 39.3 Å². The summed E-state index contributed by atoms with van der Waals surface area (Å²) >= 11 is 0. The highest BCUT2D eigenvalue weighted by atomic mass is 16.3. The number of nitrogens with two attached hydrogens (primary N) is 7. The number of phenolic OH excluding ortho intramolecular Hbond substituents is 1. The number of amides is 19. The van der Waals surface area contributed by atoms with Gasteiger partial charge in [0.2, 0.25) is 112 Å². The molecule has 2 aromatic rings. The van der Waals surface area contributed by atoms with E-state index >= 15 is 9.59 Å². The molecule has 6 fully saturated rings. The standard InChI is InChI=1S/C79H114N20O20/c1-43(2)40-52(77(117)97-37-11-19-60(97)73(113)93-54(42-45-20-22-46(100)23-21-45)79(119)99-39-10-18-59(99)71(111)89-50(27-32-64(84)104)75(115)95-35-7-15-56(95)68(108)87-48(66(86)106)25-30-62(82)102)91-67(107)49(26-31-63(83)103)88-69(109)57-16-8-36-96(57)76(116)51(28-33-65(85)105)90-70(110)58-17-9-38-98(58)78(118)53(41-44-12-4-3-5-13-44)92-72(112)55-14-6-34-94(55)74(114)47(80)24-29-61(81)101/h3-5,12-13,20-23,43,47-60,100H,6-11,14-19,24-42,80H2,1-2H3,(H2,81,101)(H2,82,102)(H2,83,103)(H2,84,104)(H2,85,105)(H2,86,106)(H,87,108)(H,88,109)(H,89,111)(H,90,110)(H,91,107)(H,92,112)(H,93,113)/t47-,48-,49-,50-,51-,52-,53-,54-,55-,56-,57-,58-,59-,60-/m0/s1. The number of likely N-dealkylation sites (tertiary alicyclic amines) is 6. The fraction of sp³-hybridized carbons (Fsp3) is 0.608. The second-order valence-electron chi connectivity index (χ2n) is 31.8.